The highest BCUT2D eigenvalue weighted by molar-refractivity contribution is 5.42. The minimum Gasteiger partial charge on any atom is -0.496 e. The van der Waals surface area contributed by atoms with Gasteiger partial charge in [-0.15, -0.1) is 0 Å². The molecule has 1 unspecified atom stereocenters. The quantitative estimate of drug-likeness (QED) is 0.850. The van der Waals surface area contributed by atoms with Crippen molar-refractivity contribution in [1.29, 1.82) is 0 Å². The molecular formula is C16H23NO2. The van der Waals surface area contributed by atoms with Crippen LogP contribution in [0.3, 0.4) is 0 Å². The molecule has 1 atom stereocenters. The van der Waals surface area contributed by atoms with Gasteiger partial charge in [0, 0.05) is 23.7 Å². The number of methoxy groups -OCH3 is 1. The third-order valence-electron chi connectivity index (χ3n) is 3.82. The Bertz CT molecular complexity index is 480. The number of allylic oxidation sites excluding steroid dienone is 1. The number of hydrogen-bond acceptors (Lipinski definition) is 3. The second-order valence-electron chi connectivity index (χ2n) is 5.36. The van der Waals surface area contributed by atoms with E-state index in [0.29, 0.717) is 0 Å². The average molecular weight is 261 g/mol. The Morgan fingerprint density at radius 1 is 1.37 bits per heavy atom. The Morgan fingerprint density at radius 3 is 2.89 bits per heavy atom. The Hall–Kier alpha value is -1.35. The van der Waals surface area contributed by atoms with Crippen LogP contribution in [0.25, 0.3) is 0 Å². The molecule has 0 spiro atoms. The highest BCUT2D eigenvalue weighted by atomic mass is 16.5. The zero-order valence-electron chi connectivity index (χ0n) is 12.1. The Kier molecular flexibility index (Phi) is 4.59. The van der Waals surface area contributed by atoms with Gasteiger partial charge in [0.1, 0.15) is 5.75 Å². The molecule has 3 nitrogen and oxygen atoms in total. The molecule has 3 heteroatoms. The molecule has 1 aromatic rings. The van der Waals surface area contributed by atoms with Crippen LogP contribution in [0.1, 0.15) is 42.5 Å². The third kappa shape index (κ3) is 3.35. The van der Waals surface area contributed by atoms with Crippen molar-refractivity contribution in [3.05, 3.63) is 34.7 Å². The molecule has 0 aliphatic heterocycles. The summed E-state index contributed by atoms with van der Waals surface area (Å²) in [5, 5.41) is 9.83. The summed E-state index contributed by atoms with van der Waals surface area (Å²) < 4.78 is 5.44. The number of rotatable bonds is 3. The summed E-state index contributed by atoms with van der Waals surface area (Å²) in [7, 11) is 1.70. The van der Waals surface area contributed by atoms with Crippen LogP contribution >= 0.6 is 0 Å². The number of aliphatic hydroxyl groups excluding tert-OH is 1. The van der Waals surface area contributed by atoms with Crippen molar-refractivity contribution >= 4 is 0 Å². The molecule has 0 saturated carbocycles. The van der Waals surface area contributed by atoms with E-state index in [1.54, 1.807) is 7.11 Å². The highest BCUT2D eigenvalue weighted by Crippen LogP contribution is 2.27. The van der Waals surface area contributed by atoms with Gasteiger partial charge in [0.15, 0.2) is 0 Å². The van der Waals surface area contributed by atoms with Crippen molar-refractivity contribution in [3.63, 3.8) is 0 Å². The number of aromatic nitrogens is 1. The van der Waals surface area contributed by atoms with Gasteiger partial charge >= 0.3 is 0 Å². The van der Waals surface area contributed by atoms with Crippen molar-refractivity contribution in [2.75, 3.05) is 7.11 Å². The van der Waals surface area contributed by atoms with Crippen LogP contribution in [-0.2, 0) is 6.42 Å². The van der Waals surface area contributed by atoms with E-state index in [1.807, 2.05) is 19.2 Å². The smallest absolute Gasteiger partial charge is 0.128 e. The molecule has 1 aliphatic rings. The summed E-state index contributed by atoms with van der Waals surface area (Å²) in [5.41, 5.74) is 4.54. The fraction of sp³-hybridized carbons (Fsp3) is 0.562. The standard InChI is InChI=1S/C16H23NO2/c1-11-10-17-15(12(2)16(11)19-3)9-13-6-4-5-7-14(18)8-13/h8,10,14,18H,4-7,9H2,1-3H3. The van der Waals surface area contributed by atoms with Gasteiger partial charge in [-0.2, -0.15) is 0 Å². The maximum atomic E-state index is 9.83. The molecule has 1 aromatic heterocycles. The maximum absolute atomic E-state index is 9.83. The first-order valence-electron chi connectivity index (χ1n) is 6.98. The lowest BCUT2D eigenvalue weighted by molar-refractivity contribution is 0.211. The number of aliphatic hydroxyl groups is 1. The lowest BCUT2D eigenvalue weighted by Gasteiger charge is -2.13. The largest absolute Gasteiger partial charge is 0.496 e. The van der Waals surface area contributed by atoms with Crippen molar-refractivity contribution < 1.29 is 9.84 Å². The van der Waals surface area contributed by atoms with E-state index >= 15 is 0 Å². The van der Waals surface area contributed by atoms with Gasteiger partial charge in [-0.3, -0.25) is 4.98 Å². The summed E-state index contributed by atoms with van der Waals surface area (Å²) in [6.07, 6.45) is 8.62. The first-order chi connectivity index (χ1) is 9.11. The summed E-state index contributed by atoms with van der Waals surface area (Å²) in [6.45, 7) is 4.07. The van der Waals surface area contributed by atoms with E-state index in [-0.39, 0.29) is 6.10 Å². The number of pyridine rings is 1. The molecule has 19 heavy (non-hydrogen) atoms. The number of ether oxygens (including phenoxy) is 1. The average Bonchev–Trinajstić information content (AvgIpc) is 2.58. The number of nitrogens with zero attached hydrogens (tertiary/aromatic N) is 1. The summed E-state index contributed by atoms with van der Waals surface area (Å²) in [5.74, 6) is 0.930. The van der Waals surface area contributed by atoms with Gasteiger partial charge in [0.2, 0.25) is 0 Å². The SMILES string of the molecule is COc1c(C)cnc(CC2=CC(O)CCCC2)c1C. The van der Waals surface area contributed by atoms with Crippen LogP contribution in [0.4, 0.5) is 0 Å². The first-order valence-corrected chi connectivity index (χ1v) is 6.98. The number of aryl methyl sites for hydroxylation is 1. The molecule has 2 rings (SSSR count). The Balaban J connectivity index is 2.23. The first kappa shape index (κ1) is 14.1. The zero-order chi connectivity index (χ0) is 13.8. The predicted molar refractivity (Wildman–Crippen MR) is 76.5 cm³/mol. The second-order valence-corrected chi connectivity index (χ2v) is 5.36. The van der Waals surface area contributed by atoms with Crippen LogP contribution in [0, 0.1) is 13.8 Å². The predicted octanol–water partition coefficient (Wildman–Crippen LogP) is 3.11. The molecule has 1 N–H and O–H groups in total. The fourth-order valence-corrected chi connectivity index (χ4v) is 2.76. The van der Waals surface area contributed by atoms with E-state index in [0.717, 1.165) is 54.7 Å². The van der Waals surface area contributed by atoms with Gasteiger partial charge in [0.05, 0.1) is 18.9 Å². The zero-order valence-corrected chi connectivity index (χ0v) is 12.1. The van der Waals surface area contributed by atoms with Crippen molar-refractivity contribution in [1.82, 2.24) is 4.98 Å². The minimum absolute atomic E-state index is 0.287. The molecule has 1 aliphatic carbocycles. The van der Waals surface area contributed by atoms with Crippen LogP contribution in [-0.4, -0.2) is 23.3 Å². The van der Waals surface area contributed by atoms with Crippen LogP contribution in [0.15, 0.2) is 17.8 Å². The van der Waals surface area contributed by atoms with Crippen LogP contribution < -0.4 is 4.74 Å². The van der Waals surface area contributed by atoms with Crippen LogP contribution in [0.2, 0.25) is 0 Å². The van der Waals surface area contributed by atoms with E-state index in [2.05, 4.69) is 11.9 Å². The summed E-state index contributed by atoms with van der Waals surface area (Å²) >= 11 is 0. The molecule has 1 heterocycles. The van der Waals surface area contributed by atoms with Crippen LogP contribution in [0.5, 0.6) is 5.75 Å². The molecule has 0 saturated heterocycles. The van der Waals surface area contributed by atoms with Gasteiger partial charge in [-0.1, -0.05) is 18.1 Å². The lowest BCUT2D eigenvalue weighted by Crippen LogP contribution is -2.04. The Labute approximate surface area is 115 Å². The lowest BCUT2D eigenvalue weighted by atomic mass is 10.0. The molecule has 0 radical (unpaired) electrons. The number of hydrogen-bond donors (Lipinski definition) is 1. The van der Waals surface area contributed by atoms with Crippen molar-refractivity contribution in [2.45, 2.75) is 52.1 Å². The van der Waals surface area contributed by atoms with Gasteiger partial charge in [0.25, 0.3) is 0 Å². The van der Waals surface area contributed by atoms with E-state index in [4.69, 9.17) is 4.74 Å². The van der Waals surface area contributed by atoms with E-state index in [1.165, 1.54) is 5.57 Å². The maximum Gasteiger partial charge on any atom is 0.128 e. The highest BCUT2D eigenvalue weighted by Gasteiger charge is 2.14. The van der Waals surface area contributed by atoms with E-state index < -0.39 is 0 Å². The monoisotopic (exact) mass is 261 g/mol. The molecule has 0 bridgehead atoms. The topological polar surface area (TPSA) is 42.4 Å². The molecular weight excluding hydrogens is 238 g/mol. The molecule has 104 valence electrons. The fourth-order valence-electron chi connectivity index (χ4n) is 2.76. The summed E-state index contributed by atoms with van der Waals surface area (Å²) in [6, 6.07) is 0. The molecule has 0 amide bonds. The van der Waals surface area contributed by atoms with Gasteiger partial charge in [-0.25, -0.2) is 0 Å². The third-order valence-corrected chi connectivity index (χ3v) is 3.82. The van der Waals surface area contributed by atoms with Gasteiger partial charge < -0.3 is 9.84 Å². The van der Waals surface area contributed by atoms with Crippen molar-refractivity contribution in [2.24, 2.45) is 0 Å². The minimum atomic E-state index is -0.287. The molecule has 0 aromatic carbocycles. The van der Waals surface area contributed by atoms with E-state index in [9.17, 15) is 5.11 Å². The summed E-state index contributed by atoms with van der Waals surface area (Å²) in [4.78, 5) is 4.53. The van der Waals surface area contributed by atoms with Crippen molar-refractivity contribution in [3.8, 4) is 5.75 Å². The normalized spacial score (nSPS) is 19.8. The molecule has 0 fully saturated rings. The van der Waals surface area contributed by atoms with Gasteiger partial charge in [-0.05, 0) is 33.1 Å². The Morgan fingerprint density at radius 2 is 2.16 bits per heavy atom. The second kappa shape index (κ2) is 6.20.